The van der Waals surface area contributed by atoms with Crippen LogP contribution in [0.1, 0.15) is 30.0 Å². The maximum absolute atomic E-state index is 11.4. The number of hydrogen-bond acceptors (Lipinski definition) is 4. The van der Waals surface area contributed by atoms with Crippen molar-refractivity contribution in [2.75, 3.05) is 20.8 Å². The van der Waals surface area contributed by atoms with Gasteiger partial charge in [-0.1, -0.05) is 18.2 Å². The molecule has 0 spiro atoms. The second-order valence-corrected chi connectivity index (χ2v) is 7.99. The number of hydrogen-bond donors (Lipinski definition) is 1. The zero-order chi connectivity index (χ0) is 19.6. The topological polar surface area (TPSA) is 78.6 Å². The van der Waals surface area contributed by atoms with E-state index in [1.165, 1.54) is 23.3 Å². The van der Waals surface area contributed by atoms with E-state index in [1.807, 2.05) is 6.07 Å². The molecule has 1 aliphatic rings. The Labute approximate surface area is 160 Å². The summed E-state index contributed by atoms with van der Waals surface area (Å²) >= 11 is 0. The number of fused-ring (bicyclic) bond motifs is 1. The van der Waals surface area contributed by atoms with Gasteiger partial charge in [0.1, 0.15) is 5.75 Å². The van der Waals surface area contributed by atoms with E-state index >= 15 is 0 Å². The number of sulfonamides is 1. The Morgan fingerprint density at radius 1 is 1.04 bits per heavy atom. The Morgan fingerprint density at radius 3 is 2.33 bits per heavy atom. The number of benzene rings is 2. The lowest BCUT2D eigenvalue weighted by Gasteiger charge is -2.08. The fourth-order valence-electron chi connectivity index (χ4n) is 3.33. The molecule has 0 unspecified atom stereocenters. The Kier molecular flexibility index (Phi) is 5.51. The third kappa shape index (κ3) is 3.98. The molecule has 0 fully saturated rings. The smallest absolute Gasteiger partial charge is 0.238 e. The quantitative estimate of drug-likeness (QED) is 0.822. The van der Waals surface area contributed by atoms with E-state index in [0.717, 1.165) is 34.4 Å². The summed E-state index contributed by atoms with van der Waals surface area (Å²) in [5, 5.41) is 5.17. The summed E-state index contributed by atoms with van der Waals surface area (Å²) in [5.74, 6) is 0.815. The molecule has 27 heavy (non-hydrogen) atoms. The molecular weight excluding hydrogens is 362 g/mol. The Bertz CT molecular complexity index is 1020. The molecule has 0 amide bonds. The zero-order valence-corrected chi connectivity index (χ0v) is 16.5. The highest BCUT2D eigenvalue weighted by Gasteiger charge is 2.24. The van der Waals surface area contributed by atoms with Crippen LogP contribution in [0.15, 0.2) is 52.9 Å². The van der Waals surface area contributed by atoms with Crippen molar-refractivity contribution in [1.82, 2.24) is 0 Å². The van der Waals surface area contributed by atoms with Crippen LogP contribution in [0.4, 0.5) is 0 Å². The number of allylic oxidation sites excluding steroid dienone is 2. The second-order valence-electron chi connectivity index (χ2n) is 6.43. The van der Waals surface area contributed by atoms with Crippen LogP contribution in [0, 0.1) is 0 Å². The standard InChI is InChI=1S/C21H23NO4S/c1-14-18(10-11-25-2)21-13-16(26-3)6-9-19(21)20(14)12-15-4-7-17(8-5-15)27(22,23)24/h4-9,12-13H,10-11H2,1-3H3,(H2,22,23,24). The summed E-state index contributed by atoms with van der Waals surface area (Å²) < 4.78 is 33.5. The van der Waals surface area contributed by atoms with E-state index in [2.05, 4.69) is 25.1 Å². The maximum Gasteiger partial charge on any atom is 0.238 e. The predicted molar refractivity (Wildman–Crippen MR) is 108 cm³/mol. The van der Waals surface area contributed by atoms with E-state index in [4.69, 9.17) is 14.6 Å². The summed E-state index contributed by atoms with van der Waals surface area (Å²) in [6.45, 7) is 2.74. The largest absolute Gasteiger partial charge is 0.497 e. The highest BCUT2D eigenvalue weighted by Crippen LogP contribution is 2.44. The van der Waals surface area contributed by atoms with Gasteiger partial charge in [0, 0.05) is 7.11 Å². The minimum absolute atomic E-state index is 0.106. The average molecular weight is 385 g/mol. The summed E-state index contributed by atoms with van der Waals surface area (Å²) in [6, 6.07) is 12.6. The van der Waals surface area contributed by atoms with Gasteiger partial charge < -0.3 is 9.47 Å². The van der Waals surface area contributed by atoms with Crippen molar-refractivity contribution >= 4 is 27.2 Å². The molecule has 0 aromatic heterocycles. The van der Waals surface area contributed by atoms with Crippen molar-refractivity contribution in [1.29, 1.82) is 0 Å². The zero-order valence-electron chi connectivity index (χ0n) is 15.7. The SMILES string of the molecule is COCCC1=C(C)C(=Cc2ccc(S(N)(=O)=O)cc2)c2ccc(OC)cc21. The van der Waals surface area contributed by atoms with Crippen molar-refractivity contribution in [3.63, 3.8) is 0 Å². The van der Waals surface area contributed by atoms with E-state index in [1.54, 1.807) is 26.4 Å². The Hall–Kier alpha value is -2.41. The highest BCUT2D eigenvalue weighted by atomic mass is 32.2. The molecule has 0 bridgehead atoms. The van der Waals surface area contributed by atoms with Gasteiger partial charge in [0.2, 0.25) is 10.0 Å². The van der Waals surface area contributed by atoms with E-state index in [0.29, 0.717) is 6.61 Å². The molecule has 3 rings (SSSR count). The molecule has 2 aromatic carbocycles. The van der Waals surface area contributed by atoms with Crippen LogP contribution in [0.3, 0.4) is 0 Å². The van der Waals surface area contributed by atoms with Gasteiger partial charge in [0.05, 0.1) is 18.6 Å². The van der Waals surface area contributed by atoms with Gasteiger partial charge in [0.15, 0.2) is 0 Å². The number of methoxy groups -OCH3 is 2. The van der Waals surface area contributed by atoms with Crippen LogP contribution >= 0.6 is 0 Å². The minimum atomic E-state index is -3.69. The van der Waals surface area contributed by atoms with Gasteiger partial charge in [0.25, 0.3) is 0 Å². The van der Waals surface area contributed by atoms with Crippen molar-refractivity contribution in [2.24, 2.45) is 5.14 Å². The first-order chi connectivity index (χ1) is 12.8. The summed E-state index contributed by atoms with van der Waals surface area (Å²) in [7, 11) is -0.337. The molecule has 1 aliphatic carbocycles. The van der Waals surface area contributed by atoms with Gasteiger partial charge >= 0.3 is 0 Å². The second kappa shape index (κ2) is 7.68. The van der Waals surface area contributed by atoms with Crippen LogP contribution in [0.25, 0.3) is 17.2 Å². The summed E-state index contributed by atoms with van der Waals surface area (Å²) in [5.41, 5.74) is 6.73. The molecule has 0 radical (unpaired) electrons. The lowest BCUT2D eigenvalue weighted by molar-refractivity contribution is 0.206. The van der Waals surface area contributed by atoms with Crippen LogP contribution < -0.4 is 9.88 Å². The molecule has 2 aromatic rings. The fourth-order valence-corrected chi connectivity index (χ4v) is 3.85. The molecular formula is C21H23NO4S. The number of rotatable bonds is 6. The van der Waals surface area contributed by atoms with Gasteiger partial charge in [-0.25, -0.2) is 13.6 Å². The lowest BCUT2D eigenvalue weighted by Crippen LogP contribution is -2.11. The molecule has 0 aliphatic heterocycles. The van der Waals surface area contributed by atoms with Crippen LogP contribution in [0.2, 0.25) is 0 Å². The van der Waals surface area contributed by atoms with Crippen LogP contribution in [-0.4, -0.2) is 29.2 Å². The normalized spacial score (nSPS) is 15.3. The third-order valence-electron chi connectivity index (χ3n) is 4.77. The van der Waals surface area contributed by atoms with E-state index in [9.17, 15) is 8.42 Å². The van der Waals surface area contributed by atoms with Crippen molar-refractivity contribution in [3.8, 4) is 5.75 Å². The summed E-state index contributed by atoms with van der Waals surface area (Å²) in [4.78, 5) is 0.106. The molecule has 0 atom stereocenters. The lowest BCUT2D eigenvalue weighted by atomic mass is 10.0. The first-order valence-corrected chi connectivity index (χ1v) is 10.1. The number of primary sulfonamides is 1. The predicted octanol–water partition coefficient (Wildman–Crippen LogP) is 3.71. The number of nitrogens with two attached hydrogens (primary N) is 1. The Balaban J connectivity index is 2.07. The third-order valence-corrected chi connectivity index (χ3v) is 5.70. The minimum Gasteiger partial charge on any atom is -0.497 e. The molecule has 5 nitrogen and oxygen atoms in total. The van der Waals surface area contributed by atoms with Gasteiger partial charge in [-0.15, -0.1) is 0 Å². The van der Waals surface area contributed by atoms with E-state index < -0.39 is 10.0 Å². The maximum atomic E-state index is 11.4. The monoisotopic (exact) mass is 385 g/mol. The van der Waals surface area contributed by atoms with Crippen molar-refractivity contribution in [2.45, 2.75) is 18.2 Å². The summed E-state index contributed by atoms with van der Waals surface area (Å²) in [6.07, 6.45) is 2.87. The van der Waals surface area contributed by atoms with Crippen LogP contribution in [-0.2, 0) is 14.8 Å². The molecule has 2 N–H and O–H groups in total. The van der Waals surface area contributed by atoms with Crippen molar-refractivity contribution in [3.05, 3.63) is 64.7 Å². The molecule has 6 heteroatoms. The first kappa shape index (κ1) is 19.4. The van der Waals surface area contributed by atoms with Crippen molar-refractivity contribution < 1.29 is 17.9 Å². The van der Waals surface area contributed by atoms with Gasteiger partial charge in [-0.3, -0.25) is 0 Å². The molecule has 0 heterocycles. The average Bonchev–Trinajstić information content (AvgIpc) is 2.90. The highest BCUT2D eigenvalue weighted by molar-refractivity contribution is 7.89. The molecule has 0 saturated heterocycles. The first-order valence-electron chi connectivity index (χ1n) is 8.57. The molecule has 0 saturated carbocycles. The molecule has 142 valence electrons. The fraction of sp³-hybridized carbons (Fsp3) is 0.238. The van der Waals surface area contributed by atoms with Gasteiger partial charge in [-0.05, 0) is 77.1 Å². The number of ether oxygens (including phenoxy) is 2. The Morgan fingerprint density at radius 2 is 1.74 bits per heavy atom. The van der Waals surface area contributed by atoms with E-state index in [-0.39, 0.29) is 4.90 Å². The van der Waals surface area contributed by atoms with Crippen LogP contribution in [0.5, 0.6) is 5.75 Å². The van der Waals surface area contributed by atoms with Gasteiger partial charge in [-0.2, -0.15) is 0 Å².